The molecular weight excluding hydrogens is 608 g/mol. The van der Waals surface area contributed by atoms with Gasteiger partial charge >= 0.3 is 17.9 Å². The number of carbonyl (C=O) groups is 4. The average molecular weight is 647 g/mol. The molecule has 0 aliphatic carbocycles. The minimum atomic E-state index is -1.40. The molecule has 12 heteroatoms. The third kappa shape index (κ3) is 8.00. The van der Waals surface area contributed by atoms with Crippen LogP contribution in [0.2, 0.25) is 0 Å². The third-order valence-corrected chi connectivity index (χ3v) is 7.91. The largest absolute Gasteiger partial charge is 0.493 e. The zero-order valence-electron chi connectivity index (χ0n) is 26.7. The Hall–Kier alpha value is -5.13. The summed E-state index contributed by atoms with van der Waals surface area (Å²) in [6, 6.07) is 15.0. The van der Waals surface area contributed by atoms with Crippen LogP contribution in [0.3, 0.4) is 0 Å². The smallest absolute Gasteiger partial charge is 0.332 e. The lowest BCUT2D eigenvalue weighted by Gasteiger charge is -2.29. The van der Waals surface area contributed by atoms with Crippen molar-refractivity contribution >= 4 is 23.8 Å². The van der Waals surface area contributed by atoms with E-state index in [9.17, 15) is 19.2 Å². The fraction of sp³-hybridized carbons (Fsp3) is 0.400. The normalized spacial score (nSPS) is 20.8. The minimum Gasteiger partial charge on any atom is -0.493 e. The number of nitrogens with one attached hydrogen (secondary N) is 1. The zero-order chi connectivity index (χ0) is 33.5. The number of carbonyl (C=O) groups excluding carboxylic acids is 4. The highest BCUT2D eigenvalue weighted by Gasteiger charge is 2.42. The maximum Gasteiger partial charge on any atom is 0.332 e. The molecule has 0 saturated carbocycles. The Bertz CT molecular complexity index is 1610. The summed E-state index contributed by atoms with van der Waals surface area (Å²) < 4.78 is 34.1. The van der Waals surface area contributed by atoms with E-state index in [2.05, 4.69) is 10.3 Å². The lowest BCUT2D eigenvalue weighted by atomic mass is 9.91. The molecule has 2 aliphatic rings. The number of cyclic esters (lactones) is 2. The fourth-order valence-electron chi connectivity index (χ4n) is 5.35. The number of esters is 3. The number of methoxy groups -OCH3 is 1. The summed E-state index contributed by atoms with van der Waals surface area (Å²) in [4.78, 5) is 57.4. The van der Waals surface area contributed by atoms with Crippen molar-refractivity contribution in [3.05, 3.63) is 83.2 Å². The van der Waals surface area contributed by atoms with Gasteiger partial charge in [0.25, 0.3) is 5.91 Å². The monoisotopic (exact) mass is 646 g/mol. The molecule has 1 aromatic heterocycles. The predicted octanol–water partition coefficient (Wildman–Crippen LogP) is 3.62. The SMILES string of the molecule is COc1ccnc(C(=O)N[C@H]2COC(=O)C(Cc3ccccc3)[C@@H](OC(=O)C(C)C)C(C)OC2=O)c1OCc1ccc2c(c1)CCO2. The van der Waals surface area contributed by atoms with Crippen LogP contribution in [-0.2, 0) is 48.0 Å². The molecule has 2 unspecified atom stereocenters. The van der Waals surface area contributed by atoms with Crippen molar-refractivity contribution in [2.75, 3.05) is 20.3 Å². The molecule has 4 atom stereocenters. The Morgan fingerprint density at radius 2 is 1.81 bits per heavy atom. The van der Waals surface area contributed by atoms with Gasteiger partial charge in [0.2, 0.25) is 0 Å². The number of ether oxygens (including phenoxy) is 6. The van der Waals surface area contributed by atoms with Gasteiger partial charge in [0.1, 0.15) is 31.0 Å². The van der Waals surface area contributed by atoms with E-state index in [-0.39, 0.29) is 30.2 Å². The highest BCUT2D eigenvalue weighted by molar-refractivity contribution is 5.98. The van der Waals surface area contributed by atoms with Crippen LogP contribution in [-0.4, -0.2) is 67.4 Å². The number of aromatic nitrogens is 1. The van der Waals surface area contributed by atoms with Gasteiger partial charge in [-0.2, -0.15) is 0 Å². The Labute approximate surface area is 272 Å². The van der Waals surface area contributed by atoms with Crippen molar-refractivity contribution in [3.8, 4) is 17.2 Å². The van der Waals surface area contributed by atoms with E-state index in [1.54, 1.807) is 19.9 Å². The highest BCUT2D eigenvalue weighted by atomic mass is 16.6. The van der Waals surface area contributed by atoms with E-state index in [4.69, 9.17) is 28.4 Å². The first-order valence-electron chi connectivity index (χ1n) is 15.5. The van der Waals surface area contributed by atoms with Gasteiger partial charge in [0, 0.05) is 18.7 Å². The van der Waals surface area contributed by atoms with Crippen molar-refractivity contribution in [3.63, 3.8) is 0 Å². The molecule has 0 spiro atoms. The number of rotatable bonds is 10. The second kappa shape index (κ2) is 15.0. The van der Waals surface area contributed by atoms with Crippen LogP contribution in [0, 0.1) is 11.8 Å². The number of hydrogen-bond donors (Lipinski definition) is 1. The van der Waals surface area contributed by atoms with E-state index in [0.717, 1.165) is 28.9 Å². The Morgan fingerprint density at radius 1 is 1.02 bits per heavy atom. The van der Waals surface area contributed by atoms with Gasteiger partial charge in [0.05, 0.1) is 19.6 Å². The van der Waals surface area contributed by atoms with Gasteiger partial charge in [-0.05, 0) is 42.2 Å². The van der Waals surface area contributed by atoms with Crippen LogP contribution < -0.4 is 19.5 Å². The third-order valence-electron chi connectivity index (χ3n) is 7.91. The van der Waals surface area contributed by atoms with Crippen molar-refractivity contribution in [1.29, 1.82) is 0 Å². The molecule has 1 N–H and O–H groups in total. The van der Waals surface area contributed by atoms with Crippen LogP contribution in [0.5, 0.6) is 17.2 Å². The number of fused-ring (bicyclic) bond motifs is 1. The molecular formula is C35H38N2O10. The van der Waals surface area contributed by atoms with Crippen molar-refractivity contribution in [2.45, 2.75) is 58.5 Å². The number of nitrogens with zero attached hydrogens (tertiary/aromatic N) is 1. The van der Waals surface area contributed by atoms with Crippen LogP contribution in [0.1, 0.15) is 48.0 Å². The molecule has 1 saturated heterocycles. The molecule has 47 heavy (non-hydrogen) atoms. The maximum absolute atomic E-state index is 13.6. The quantitative estimate of drug-likeness (QED) is 0.254. The predicted molar refractivity (Wildman–Crippen MR) is 167 cm³/mol. The molecule has 5 rings (SSSR count). The summed E-state index contributed by atoms with van der Waals surface area (Å²) in [7, 11) is 1.43. The molecule has 3 aromatic rings. The molecule has 1 amide bonds. The summed E-state index contributed by atoms with van der Waals surface area (Å²) in [6.07, 6.45) is 0.151. The molecule has 2 aliphatic heterocycles. The topological polar surface area (TPSA) is 149 Å². The van der Waals surface area contributed by atoms with Crippen LogP contribution >= 0.6 is 0 Å². The van der Waals surface area contributed by atoms with Gasteiger partial charge in [-0.25, -0.2) is 9.78 Å². The first-order valence-corrected chi connectivity index (χ1v) is 15.5. The molecule has 2 aromatic carbocycles. The standard InChI is InChI=1S/C35H38N2O10/c1-20(2)33(39)47-30-21(3)46-35(41)26(19-45-34(40)25(30)17-22-8-6-5-7-9-22)37-32(38)29-31(28(42-4)12-14-36-29)44-18-23-10-11-27-24(16-23)13-15-43-27/h5-12,14,16,20-21,25-26,30H,13,15,17-19H2,1-4H3,(H,37,38)/t21?,25?,26-,30-/m0/s1. The molecule has 1 fully saturated rings. The second-order valence-corrected chi connectivity index (χ2v) is 11.7. The molecule has 248 valence electrons. The number of amides is 1. The Morgan fingerprint density at radius 3 is 2.55 bits per heavy atom. The summed E-state index contributed by atoms with van der Waals surface area (Å²) in [5.41, 5.74) is 2.57. The Kier molecular flexibility index (Phi) is 10.6. The van der Waals surface area contributed by atoms with Crippen LogP contribution in [0.4, 0.5) is 0 Å². The van der Waals surface area contributed by atoms with Gasteiger partial charge in [-0.1, -0.05) is 50.2 Å². The van der Waals surface area contributed by atoms with E-state index in [1.165, 1.54) is 20.2 Å². The first kappa shape index (κ1) is 33.2. The number of benzene rings is 2. The summed E-state index contributed by atoms with van der Waals surface area (Å²) in [6.45, 7) is 5.06. The van der Waals surface area contributed by atoms with Gasteiger partial charge in [0.15, 0.2) is 29.3 Å². The van der Waals surface area contributed by atoms with Crippen molar-refractivity contribution < 1.29 is 47.6 Å². The molecule has 0 radical (unpaired) electrons. The van der Waals surface area contributed by atoms with Crippen LogP contribution in [0.15, 0.2) is 60.8 Å². The first-order chi connectivity index (χ1) is 22.6. The van der Waals surface area contributed by atoms with E-state index >= 15 is 0 Å². The second-order valence-electron chi connectivity index (χ2n) is 11.7. The van der Waals surface area contributed by atoms with Gasteiger partial charge < -0.3 is 33.7 Å². The number of hydrogen-bond acceptors (Lipinski definition) is 11. The maximum atomic E-state index is 13.6. The summed E-state index contributed by atoms with van der Waals surface area (Å²) >= 11 is 0. The number of pyridine rings is 1. The summed E-state index contributed by atoms with van der Waals surface area (Å²) in [5, 5.41) is 2.57. The van der Waals surface area contributed by atoms with Gasteiger partial charge in [-0.15, -0.1) is 0 Å². The lowest BCUT2D eigenvalue weighted by molar-refractivity contribution is -0.176. The van der Waals surface area contributed by atoms with Crippen LogP contribution in [0.25, 0.3) is 0 Å². The van der Waals surface area contributed by atoms with E-state index in [1.807, 2.05) is 48.5 Å². The zero-order valence-corrected chi connectivity index (χ0v) is 26.7. The highest BCUT2D eigenvalue weighted by Crippen LogP contribution is 2.32. The summed E-state index contributed by atoms with van der Waals surface area (Å²) in [5.74, 6) is -3.25. The molecule has 0 bridgehead atoms. The fourth-order valence-corrected chi connectivity index (χ4v) is 5.35. The molecule has 12 nitrogen and oxygen atoms in total. The van der Waals surface area contributed by atoms with Crippen molar-refractivity contribution in [2.24, 2.45) is 11.8 Å². The van der Waals surface area contributed by atoms with Crippen molar-refractivity contribution in [1.82, 2.24) is 10.3 Å². The lowest BCUT2D eigenvalue weighted by Crippen LogP contribution is -2.47. The average Bonchev–Trinajstić information content (AvgIpc) is 3.55. The van der Waals surface area contributed by atoms with Gasteiger partial charge in [-0.3, -0.25) is 14.4 Å². The minimum absolute atomic E-state index is 0.0645. The van der Waals surface area contributed by atoms with E-state index < -0.39 is 60.5 Å². The van der Waals surface area contributed by atoms with E-state index in [0.29, 0.717) is 6.61 Å². The Balaban J connectivity index is 1.35. The molecule has 3 heterocycles.